The number of amides is 2. The molecule has 0 radical (unpaired) electrons. The van der Waals surface area contributed by atoms with Gasteiger partial charge < -0.3 is 14.8 Å². The largest absolute Gasteiger partial charge is 0.445 e. The molecule has 0 aromatic heterocycles. The number of hydrogen-bond acceptors (Lipinski definition) is 5. The van der Waals surface area contributed by atoms with Crippen molar-refractivity contribution in [1.82, 2.24) is 10.2 Å². The molecule has 1 N–H and O–H groups in total. The monoisotopic (exact) mass is 278 g/mol. The van der Waals surface area contributed by atoms with E-state index in [1.54, 1.807) is 0 Å². The molecule has 2 amide bonds. The highest BCUT2D eigenvalue weighted by Gasteiger charge is 2.28. The normalized spacial score (nSPS) is 14.1. The van der Waals surface area contributed by atoms with Gasteiger partial charge in [-0.05, 0) is 5.56 Å². The van der Waals surface area contributed by atoms with Gasteiger partial charge in [0.25, 0.3) is 0 Å². The minimum absolute atomic E-state index is 0.0838. The van der Waals surface area contributed by atoms with Crippen molar-refractivity contribution in [1.29, 1.82) is 0 Å². The fraction of sp³-hybridized carbons (Fsp3) is 0.308. The molecule has 0 saturated carbocycles. The number of benzene rings is 1. The summed E-state index contributed by atoms with van der Waals surface area (Å²) in [5.74, 6) is -0.582. The number of ether oxygens (including phenoxy) is 2. The summed E-state index contributed by atoms with van der Waals surface area (Å²) >= 11 is 0. The van der Waals surface area contributed by atoms with E-state index >= 15 is 0 Å². The summed E-state index contributed by atoms with van der Waals surface area (Å²) in [4.78, 5) is 34.5. The van der Waals surface area contributed by atoms with Gasteiger partial charge in [0.15, 0.2) is 0 Å². The number of nitrogens with zero attached hydrogens (tertiary/aromatic N) is 1. The van der Waals surface area contributed by atoms with Crippen molar-refractivity contribution in [2.45, 2.75) is 6.61 Å². The van der Waals surface area contributed by atoms with Gasteiger partial charge in [-0.3, -0.25) is 4.90 Å². The van der Waals surface area contributed by atoms with E-state index in [0.29, 0.717) is 0 Å². The van der Waals surface area contributed by atoms with Gasteiger partial charge in [-0.15, -0.1) is 0 Å². The molecule has 0 bridgehead atoms. The lowest BCUT2D eigenvalue weighted by molar-refractivity contribution is -0.132. The third kappa shape index (κ3) is 3.98. The van der Waals surface area contributed by atoms with Crippen LogP contribution in [0.15, 0.2) is 30.3 Å². The van der Waals surface area contributed by atoms with Crippen molar-refractivity contribution < 1.29 is 23.9 Å². The van der Waals surface area contributed by atoms with Crippen LogP contribution < -0.4 is 5.32 Å². The fourth-order valence-corrected chi connectivity index (χ4v) is 1.65. The predicted octanol–water partition coefficient (Wildman–Crippen LogP) is 0.892. The first-order valence-electron chi connectivity index (χ1n) is 6.09. The van der Waals surface area contributed by atoms with E-state index < -0.39 is 18.2 Å². The fourth-order valence-electron chi connectivity index (χ4n) is 1.65. The molecule has 2 rings (SSSR count). The Labute approximate surface area is 115 Å². The van der Waals surface area contributed by atoms with Crippen LogP contribution in [-0.2, 0) is 20.9 Å². The summed E-state index contributed by atoms with van der Waals surface area (Å²) in [6.45, 7) is 0.484. The maximum absolute atomic E-state index is 11.4. The Hall–Kier alpha value is -2.57. The minimum Gasteiger partial charge on any atom is -0.445 e. The number of rotatable bonds is 5. The van der Waals surface area contributed by atoms with Gasteiger partial charge >= 0.3 is 18.2 Å². The molecule has 7 heteroatoms. The van der Waals surface area contributed by atoms with Crippen molar-refractivity contribution in [2.75, 3.05) is 19.6 Å². The average Bonchev–Trinajstić information content (AvgIpc) is 2.76. The van der Waals surface area contributed by atoms with E-state index in [1.807, 2.05) is 30.3 Å². The molecular formula is C13H14N2O5. The van der Waals surface area contributed by atoms with Crippen LogP contribution in [-0.4, -0.2) is 42.7 Å². The van der Waals surface area contributed by atoms with E-state index in [9.17, 15) is 14.4 Å². The van der Waals surface area contributed by atoms with Gasteiger partial charge in [-0.1, -0.05) is 30.3 Å². The van der Waals surface area contributed by atoms with E-state index in [0.717, 1.165) is 5.56 Å². The Bertz CT molecular complexity index is 503. The van der Waals surface area contributed by atoms with Crippen LogP contribution in [0.4, 0.5) is 9.59 Å². The average molecular weight is 278 g/mol. The van der Waals surface area contributed by atoms with Gasteiger partial charge in [0.1, 0.15) is 13.2 Å². The minimum atomic E-state index is -0.686. The topological polar surface area (TPSA) is 84.9 Å². The van der Waals surface area contributed by atoms with Crippen LogP contribution in [0.3, 0.4) is 0 Å². The summed E-state index contributed by atoms with van der Waals surface area (Å²) in [7, 11) is 0. The third-order valence-corrected chi connectivity index (χ3v) is 2.64. The van der Waals surface area contributed by atoms with Crippen molar-refractivity contribution in [3.8, 4) is 0 Å². The van der Waals surface area contributed by atoms with Gasteiger partial charge in [-0.25, -0.2) is 14.4 Å². The highest BCUT2D eigenvalue weighted by molar-refractivity contribution is 5.92. The Morgan fingerprint density at radius 2 is 2.05 bits per heavy atom. The number of carbonyl (C=O) groups excluding carboxylic acids is 3. The van der Waals surface area contributed by atoms with Crippen molar-refractivity contribution in [2.24, 2.45) is 0 Å². The Morgan fingerprint density at radius 3 is 2.70 bits per heavy atom. The van der Waals surface area contributed by atoms with E-state index in [1.165, 1.54) is 4.90 Å². The SMILES string of the molecule is O=C1CN(CCNC(=O)OCc2ccccc2)C(=O)O1. The lowest BCUT2D eigenvalue weighted by atomic mass is 10.2. The van der Waals surface area contributed by atoms with Crippen molar-refractivity contribution in [3.05, 3.63) is 35.9 Å². The van der Waals surface area contributed by atoms with Gasteiger partial charge in [0, 0.05) is 13.1 Å². The number of esters is 1. The van der Waals surface area contributed by atoms with Gasteiger partial charge in [0.2, 0.25) is 0 Å². The molecule has 1 aromatic carbocycles. The van der Waals surface area contributed by atoms with E-state index in [2.05, 4.69) is 10.1 Å². The maximum atomic E-state index is 11.4. The highest BCUT2D eigenvalue weighted by Crippen LogP contribution is 2.03. The molecule has 0 unspecified atom stereocenters. The number of nitrogens with one attached hydrogen (secondary N) is 1. The van der Waals surface area contributed by atoms with E-state index in [-0.39, 0.29) is 26.2 Å². The summed E-state index contributed by atoms with van der Waals surface area (Å²) in [6, 6.07) is 9.28. The smallest absolute Gasteiger partial charge is 0.418 e. The number of hydrogen-bond donors (Lipinski definition) is 1. The summed E-state index contributed by atoms with van der Waals surface area (Å²) in [6.07, 6.45) is -1.26. The quantitative estimate of drug-likeness (QED) is 0.638. The van der Waals surface area contributed by atoms with Crippen LogP contribution >= 0.6 is 0 Å². The molecule has 106 valence electrons. The lowest BCUT2D eigenvalue weighted by Crippen LogP contribution is -2.35. The second kappa shape index (κ2) is 6.55. The van der Waals surface area contributed by atoms with Crippen LogP contribution in [0.5, 0.6) is 0 Å². The first-order chi connectivity index (χ1) is 9.65. The molecule has 1 saturated heterocycles. The number of alkyl carbamates (subject to hydrolysis) is 1. The van der Waals surface area contributed by atoms with Crippen LogP contribution in [0.1, 0.15) is 5.56 Å². The Morgan fingerprint density at radius 1 is 1.30 bits per heavy atom. The molecule has 1 heterocycles. The maximum Gasteiger partial charge on any atom is 0.418 e. The molecule has 1 fully saturated rings. The lowest BCUT2D eigenvalue weighted by Gasteiger charge is -2.12. The molecule has 20 heavy (non-hydrogen) atoms. The van der Waals surface area contributed by atoms with Crippen LogP contribution in [0.25, 0.3) is 0 Å². The third-order valence-electron chi connectivity index (χ3n) is 2.64. The van der Waals surface area contributed by atoms with Crippen LogP contribution in [0.2, 0.25) is 0 Å². The predicted molar refractivity (Wildman–Crippen MR) is 67.7 cm³/mol. The first-order valence-corrected chi connectivity index (χ1v) is 6.09. The molecule has 7 nitrogen and oxygen atoms in total. The highest BCUT2D eigenvalue weighted by atomic mass is 16.6. The first kappa shape index (κ1) is 13.9. The zero-order valence-electron chi connectivity index (χ0n) is 10.7. The summed E-state index contributed by atoms with van der Waals surface area (Å²) < 4.78 is 9.33. The van der Waals surface area contributed by atoms with Crippen molar-refractivity contribution >= 4 is 18.2 Å². The van der Waals surface area contributed by atoms with Crippen LogP contribution in [0, 0.1) is 0 Å². The second-order valence-electron chi connectivity index (χ2n) is 4.15. The van der Waals surface area contributed by atoms with Gasteiger partial charge in [-0.2, -0.15) is 0 Å². The summed E-state index contributed by atoms with van der Waals surface area (Å²) in [5.41, 5.74) is 0.886. The standard InChI is InChI=1S/C13H14N2O5/c16-11-8-15(13(18)20-11)7-6-14-12(17)19-9-10-4-2-1-3-5-10/h1-5H,6-9H2,(H,14,17). The number of carbonyl (C=O) groups is 3. The Kier molecular flexibility index (Phi) is 4.54. The summed E-state index contributed by atoms with van der Waals surface area (Å²) in [5, 5.41) is 2.49. The molecule has 0 atom stereocenters. The van der Waals surface area contributed by atoms with Gasteiger partial charge in [0.05, 0.1) is 0 Å². The molecule has 1 aromatic rings. The molecular weight excluding hydrogens is 264 g/mol. The number of cyclic esters (lactones) is 2. The zero-order valence-corrected chi connectivity index (χ0v) is 10.7. The second-order valence-corrected chi connectivity index (χ2v) is 4.15. The van der Waals surface area contributed by atoms with Crippen molar-refractivity contribution in [3.63, 3.8) is 0 Å². The molecule has 0 spiro atoms. The van der Waals surface area contributed by atoms with E-state index in [4.69, 9.17) is 4.74 Å². The Balaban J connectivity index is 1.63. The zero-order chi connectivity index (χ0) is 14.4. The molecule has 0 aliphatic carbocycles. The molecule has 1 aliphatic heterocycles. The molecule has 1 aliphatic rings.